The first kappa shape index (κ1) is 18.7. The lowest BCUT2D eigenvalue weighted by Crippen LogP contribution is -2.28. The first-order valence-corrected chi connectivity index (χ1v) is 7.70. The summed E-state index contributed by atoms with van der Waals surface area (Å²) < 4.78 is 105. The Morgan fingerprint density at radius 3 is 2.42 bits per heavy atom. The average Bonchev–Trinajstić information content (AvgIpc) is 2.85. The first-order valence-electron chi connectivity index (χ1n) is 6.38. The number of rotatable bonds is 3. The van der Waals surface area contributed by atoms with Gasteiger partial charge in [-0.05, 0) is 19.1 Å². The van der Waals surface area contributed by atoms with Gasteiger partial charge in [0.2, 0.25) is 5.76 Å². The number of nitrogens with zero attached hydrogens (tertiary/aromatic N) is 1. The molecule has 1 aromatic rings. The molecule has 0 saturated heterocycles. The fourth-order valence-electron chi connectivity index (χ4n) is 2.06. The summed E-state index contributed by atoms with van der Waals surface area (Å²) in [5.74, 6) is -4.57. The molecule has 11 heteroatoms. The van der Waals surface area contributed by atoms with Crippen molar-refractivity contribution < 1.29 is 39.5 Å². The minimum absolute atomic E-state index is 0.344. The molecular weight excluding hydrogens is 367 g/mol. The van der Waals surface area contributed by atoms with Crippen LogP contribution in [0.5, 0.6) is 0 Å². The molecule has 3 unspecified atom stereocenters. The first-order chi connectivity index (χ1) is 10.8. The molecule has 1 aliphatic rings. The summed E-state index contributed by atoms with van der Waals surface area (Å²) in [6, 6.07) is 0.461. The average molecular weight is 377 g/mol. The van der Waals surface area contributed by atoms with Gasteiger partial charge in [-0.25, -0.2) is 4.39 Å². The Balaban J connectivity index is 2.34. The maximum absolute atomic E-state index is 14.5. The summed E-state index contributed by atoms with van der Waals surface area (Å²) in [6.07, 6.45) is -6.91. The van der Waals surface area contributed by atoms with Gasteiger partial charge in [-0.1, -0.05) is 11.2 Å². The number of hydrogen-bond acceptors (Lipinski definition) is 3. The van der Waals surface area contributed by atoms with Gasteiger partial charge in [-0.2, -0.15) is 26.3 Å². The normalized spacial score (nSPS) is 26.3. The Hall–Kier alpha value is -1.65. The summed E-state index contributed by atoms with van der Waals surface area (Å²) in [6.45, 7) is 1.01. The highest BCUT2D eigenvalue weighted by Crippen LogP contribution is 2.40. The Morgan fingerprint density at radius 1 is 1.29 bits per heavy atom. The lowest BCUT2D eigenvalue weighted by molar-refractivity contribution is -0.155. The van der Waals surface area contributed by atoms with E-state index in [0.29, 0.717) is 6.07 Å². The van der Waals surface area contributed by atoms with Crippen LogP contribution in [0.3, 0.4) is 0 Å². The SMILES string of the molecule is CC1(F)C=CC(S(=O)CC(F)(F)F)=CC1c1cc(C(F)(F)F)on1. The number of allylic oxidation sites excluding steroid dienone is 3. The van der Waals surface area contributed by atoms with Crippen molar-refractivity contribution in [2.45, 2.75) is 30.9 Å². The second-order valence-corrected chi connectivity index (χ2v) is 6.70. The fourth-order valence-corrected chi connectivity index (χ4v) is 3.03. The van der Waals surface area contributed by atoms with Gasteiger partial charge in [0, 0.05) is 11.0 Å². The van der Waals surface area contributed by atoms with Crippen molar-refractivity contribution in [1.29, 1.82) is 0 Å². The van der Waals surface area contributed by atoms with Crippen molar-refractivity contribution in [3.8, 4) is 0 Å². The van der Waals surface area contributed by atoms with Crippen LogP contribution in [0.25, 0.3) is 0 Å². The second-order valence-electron chi connectivity index (χ2n) is 5.25. The Morgan fingerprint density at radius 2 is 1.92 bits per heavy atom. The highest BCUT2D eigenvalue weighted by atomic mass is 32.2. The van der Waals surface area contributed by atoms with Crippen LogP contribution in [-0.2, 0) is 17.0 Å². The van der Waals surface area contributed by atoms with Gasteiger partial charge in [-0.3, -0.25) is 4.21 Å². The molecule has 0 fully saturated rings. The second kappa shape index (κ2) is 6.01. The van der Waals surface area contributed by atoms with E-state index in [0.717, 1.165) is 25.2 Å². The third-order valence-corrected chi connectivity index (χ3v) is 4.58. The van der Waals surface area contributed by atoms with Crippen molar-refractivity contribution in [3.05, 3.63) is 40.7 Å². The van der Waals surface area contributed by atoms with E-state index < -0.39 is 51.9 Å². The van der Waals surface area contributed by atoms with Crippen LogP contribution in [0.2, 0.25) is 0 Å². The minimum atomic E-state index is -4.84. The quantitative estimate of drug-likeness (QED) is 0.739. The van der Waals surface area contributed by atoms with Gasteiger partial charge in [0.25, 0.3) is 0 Å². The molecule has 134 valence electrons. The van der Waals surface area contributed by atoms with Crippen LogP contribution < -0.4 is 0 Å². The van der Waals surface area contributed by atoms with Crippen LogP contribution in [0.15, 0.2) is 33.7 Å². The topological polar surface area (TPSA) is 43.1 Å². The van der Waals surface area contributed by atoms with Crippen molar-refractivity contribution in [2.75, 3.05) is 5.75 Å². The van der Waals surface area contributed by atoms with E-state index in [4.69, 9.17) is 0 Å². The van der Waals surface area contributed by atoms with E-state index in [2.05, 4.69) is 9.68 Å². The Labute approximate surface area is 133 Å². The minimum Gasteiger partial charge on any atom is -0.351 e. The molecule has 1 heterocycles. The Kier molecular flexibility index (Phi) is 4.68. The van der Waals surface area contributed by atoms with E-state index in [1.807, 2.05) is 0 Å². The molecule has 3 atom stereocenters. The highest BCUT2D eigenvalue weighted by molar-refractivity contribution is 7.89. The summed E-state index contributed by atoms with van der Waals surface area (Å²) in [5, 5.41) is 3.14. The fraction of sp³-hybridized carbons (Fsp3) is 0.462. The van der Waals surface area contributed by atoms with Gasteiger partial charge in [-0.15, -0.1) is 0 Å². The molecule has 2 rings (SSSR count). The number of aromatic nitrogens is 1. The number of alkyl halides is 7. The summed E-state index contributed by atoms with van der Waals surface area (Å²) in [4.78, 5) is -0.344. The predicted octanol–water partition coefficient (Wildman–Crippen LogP) is 4.27. The highest BCUT2D eigenvalue weighted by Gasteiger charge is 2.42. The van der Waals surface area contributed by atoms with E-state index in [1.165, 1.54) is 0 Å². The van der Waals surface area contributed by atoms with Crippen molar-refractivity contribution in [2.24, 2.45) is 0 Å². The molecule has 3 nitrogen and oxygen atoms in total. The molecule has 0 amide bonds. The van der Waals surface area contributed by atoms with E-state index in [1.54, 1.807) is 0 Å². The number of hydrogen-bond donors (Lipinski definition) is 0. The lowest BCUT2D eigenvalue weighted by atomic mass is 9.84. The maximum atomic E-state index is 14.5. The van der Waals surface area contributed by atoms with E-state index >= 15 is 0 Å². The lowest BCUT2D eigenvalue weighted by Gasteiger charge is -2.27. The largest absolute Gasteiger partial charge is 0.452 e. The molecular formula is C13H10F7NO2S. The molecule has 1 aromatic heterocycles. The van der Waals surface area contributed by atoms with Crippen LogP contribution in [0, 0.1) is 0 Å². The molecule has 1 aliphatic carbocycles. The van der Waals surface area contributed by atoms with Gasteiger partial charge >= 0.3 is 12.4 Å². The molecule has 0 aliphatic heterocycles. The summed E-state index contributed by atoms with van der Waals surface area (Å²) in [7, 11) is -2.51. The molecule has 0 saturated carbocycles. The van der Waals surface area contributed by atoms with Gasteiger partial charge < -0.3 is 4.52 Å². The van der Waals surface area contributed by atoms with Gasteiger partial charge in [0.05, 0.1) is 22.4 Å². The molecule has 0 bridgehead atoms. The molecule has 24 heavy (non-hydrogen) atoms. The van der Waals surface area contributed by atoms with Crippen molar-refractivity contribution in [1.82, 2.24) is 5.16 Å². The zero-order valence-corrected chi connectivity index (χ0v) is 12.7. The third kappa shape index (κ3) is 4.25. The van der Waals surface area contributed by atoms with Crippen molar-refractivity contribution in [3.63, 3.8) is 0 Å². The van der Waals surface area contributed by atoms with Crippen LogP contribution >= 0.6 is 0 Å². The Bertz CT molecular complexity index is 700. The zero-order chi connectivity index (χ0) is 18.3. The maximum Gasteiger partial charge on any atom is 0.452 e. The van der Waals surface area contributed by atoms with E-state index in [9.17, 15) is 34.9 Å². The zero-order valence-electron chi connectivity index (χ0n) is 11.9. The molecule has 0 N–H and O–H groups in total. The molecule has 0 spiro atoms. The van der Waals surface area contributed by atoms with Crippen molar-refractivity contribution >= 4 is 10.8 Å². The third-order valence-electron chi connectivity index (χ3n) is 3.20. The summed E-state index contributed by atoms with van der Waals surface area (Å²) >= 11 is 0. The molecule has 0 radical (unpaired) electrons. The number of halogens is 7. The van der Waals surface area contributed by atoms with E-state index in [-0.39, 0.29) is 4.91 Å². The predicted molar refractivity (Wildman–Crippen MR) is 70.0 cm³/mol. The summed E-state index contributed by atoms with van der Waals surface area (Å²) in [5.41, 5.74) is -2.69. The smallest absolute Gasteiger partial charge is 0.351 e. The standard InChI is InChI=1S/C13H10F7NO2S/c1-11(14)3-2-7(24(22)6-12(15,16)17)4-8(11)9-5-10(23-21-9)13(18,19)20/h2-5,8H,6H2,1H3. The van der Waals surface area contributed by atoms with Crippen LogP contribution in [-0.4, -0.2) is 27.0 Å². The monoisotopic (exact) mass is 377 g/mol. The van der Waals surface area contributed by atoms with Gasteiger partial charge in [0.15, 0.2) is 0 Å². The molecule has 0 aromatic carbocycles. The van der Waals surface area contributed by atoms with Crippen LogP contribution in [0.4, 0.5) is 30.7 Å². The van der Waals surface area contributed by atoms with Crippen LogP contribution in [0.1, 0.15) is 24.3 Å². The van der Waals surface area contributed by atoms with Gasteiger partial charge in [0.1, 0.15) is 11.4 Å².